The predicted octanol–water partition coefficient (Wildman–Crippen LogP) is 4.77. The highest BCUT2D eigenvalue weighted by Crippen LogP contribution is 2.66. The van der Waals surface area contributed by atoms with Crippen LogP contribution < -0.4 is 0 Å². The number of aryl methyl sites for hydroxylation is 1. The van der Waals surface area contributed by atoms with Gasteiger partial charge in [0.2, 0.25) is 5.60 Å². The molecule has 2 aromatic rings. The Morgan fingerprint density at radius 2 is 1.11 bits per heavy atom. The molecule has 1 saturated heterocycles. The number of hydrogen-bond acceptors (Lipinski definition) is 22. The van der Waals surface area contributed by atoms with Crippen molar-refractivity contribution < 1.29 is 96.9 Å². The largest absolute Gasteiger partial charge is 0.748 e. The molecule has 432 valence electrons. The fourth-order valence-corrected chi connectivity index (χ4v) is 17.3. The molecule has 9 aliphatic rings. The fraction of sp³-hybridized carbons (Fsp3) is 0.708. The number of ether oxygens (including phenoxy) is 2. The SMILES string of the molecule is CC12CCC(C(=O)OCCS(=O)(=O)[O-])(OC1=O)C2(C)C.Cc1ccc(S(=O)(=O)[O-])cc1.O=S(=O)([O-])C12CC3CC(CC(C3)C1)C2.O=S(=O)([O-])C1CC2CCC1C2.O=S(=O)([O-])C1CCCCC1.O=S(=O)([O-])c1ccccc1. The van der Waals surface area contributed by atoms with Crippen LogP contribution in [0.5, 0.6) is 0 Å². The number of rotatable bonds is 9. The minimum Gasteiger partial charge on any atom is -0.748 e. The van der Waals surface area contributed by atoms with Crippen molar-refractivity contribution in [2.45, 2.75) is 167 Å². The molecule has 28 heteroatoms. The van der Waals surface area contributed by atoms with Crippen LogP contribution >= 0.6 is 0 Å². The number of carbonyl (C=O) groups is 2. The lowest BCUT2D eigenvalue weighted by Gasteiger charge is -2.57. The molecule has 76 heavy (non-hydrogen) atoms. The third kappa shape index (κ3) is 15.6. The summed E-state index contributed by atoms with van der Waals surface area (Å²) in [7, 11) is -25.0. The van der Waals surface area contributed by atoms with E-state index in [1.807, 2.05) is 6.92 Å². The monoisotopic (exact) mass is 1190 g/mol. The zero-order valence-electron chi connectivity index (χ0n) is 42.6. The minimum absolute atomic E-state index is 0.178. The van der Waals surface area contributed by atoms with Gasteiger partial charge in [-0.1, -0.05) is 75.4 Å². The first kappa shape index (κ1) is 63.7. The first-order valence-electron chi connectivity index (χ1n) is 25.0. The second kappa shape index (κ2) is 23.9. The van der Waals surface area contributed by atoms with E-state index in [9.17, 15) is 87.4 Å². The molecule has 0 radical (unpaired) electrons. The molecule has 0 aromatic heterocycles. The van der Waals surface area contributed by atoms with E-state index in [-0.39, 0.29) is 15.7 Å². The van der Waals surface area contributed by atoms with Crippen LogP contribution in [0.25, 0.3) is 0 Å². The smallest absolute Gasteiger partial charge is 0.351 e. The summed E-state index contributed by atoms with van der Waals surface area (Å²) in [5, 5.41) is -1.12. The molecule has 2 aromatic carbocycles. The molecule has 1 heterocycles. The van der Waals surface area contributed by atoms with Gasteiger partial charge in [-0.15, -0.1) is 0 Å². The van der Waals surface area contributed by atoms with Crippen molar-refractivity contribution >= 4 is 72.6 Å². The lowest BCUT2D eigenvalue weighted by atomic mass is 9.56. The molecule has 0 spiro atoms. The maximum atomic E-state index is 12.2. The van der Waals surface area contributed by atoms with Crippen LogP contribution in [0.1, 0.15) is 135 Å². The Balaban J connectivity index is 0.000000172. The minimum atomic E-state index is -4.45. The van der Waals surface area contributed by atoms with Crippen molar-refractivity contribution in [1.29, 1.82) is 0 Å². The van der Waals surface area contributed by atoms with Crippen LogP contribution in [0.4, 0.5) is 0 Å². The van der Waals surface area contributed by atoms with Crippen LogP contribution in [0, 0.1) is 47.3 Å². The van der Waals surface area contributed by atoms with Crippen LogP contribution in [0.2, 0.25) is 0 Å². The lowest BCUT2D eigenvalue weighted by Crippen LogP contribution is -2.54. The van der Waals surface area contributed by atoms with Gasteiger partial charge in [-0.2, -0.15) is 0 Å². The molecule has 8 saturated carbocycles. The van der Waals surface area contributed by atoms with Crippen LogP contribution in [-0.4, -0.2) is 123 Å². The molecule has 5 atom stereocenters. The van der Waals surface area contributed by atoms with E-state index in [0.717, 1.165) is 44.1 Å². The predicted molar refractivity (Wildman–Crippen MR) is 265 cm³/mol. The highest BCUT2D eigenvalue weighted by molar-refractivity contribution is 7.87. The second-order valence-electron chi connectivity index (χ2n) is 22.1. The molecule has 0 amide bonds. The normalized spacial score (nSPS) is 31.0. The molecule has 0 N–H and O–H groups in total. The topological polar surface area (TPSA) is 396 Å². The molecule has 22 nitrogen and oxygen atoms in total. The van der Waals surface area contributed by atoms with E-state index in [1.54, 1.807) is 39.0 Å². The fourth-order valence-electron chi connectivity index (χ4n) is 12.6. The van der Waals surface area contributed by atoms with Crippen molar-refractivity contribution in [3.05, 3.63) is 60.2 Å². The molecule has 9 fully saturated rings. The van der Waals surface area contributed by atoms with Gasteiger partial charge >= 0.3 is 11.9 Å². The first-order valence-corrected chi connectivity index (χ1v) is 33.7. The highest BCUT2D eigenvalue weighted by atomic mass is 32.2. The van der Waals surface area contributed by atoms with Gasteiger partial charge in [-0.05, 0) is 151 Å². The first-order chi connectivity index (χ1) is 34.7. The van der Waals surface area contributed by atoms with Crippen molar-refractivity contribution in [3.63, 3.8) is 0 Å². The van der Waals surface area contributed by atoms with Gasteiger partial charge in [0.05, 0.1) is 61.3 Å². The molecule has 1 aliphatic heterocycles. The Morgan fingerprint density at radius 1 is 0.605 bits per heavy atom. The number of benzene rings is 2. The summed E-state index contributed by atoms with van der Waals surface area (Å²) in [6.07, 6.45) is 14.1. The van der Waals surface area contributed by atoms with Crippen molar-refractivity contribution in [3.8, 4) is 0 Å². The van der Waals surface area contributed by atoms with E-state index in [0.29, 0.717) is 75.0 Å². The zero-order valence-corrected chi connectivity index (χ0v) is 47.5. The summed E-state index contributed by atoms with van der Waals surface area (Å²) in [5.74, 6) is 0.319. The van der Waals surface area contributed by atoms with Crippen molar-refractivity contribution in [2.24, 2.45) is 40.4 Å². The van der Waals surface area contributed by atoms with Gasteiger partial charge in [0, 0.05) is 10.7 Å². The molecule has 5 unspecified atom stereocenters. The van der Waals surface area contributed by atoms with Gasteiger partial charge in [0.15, 0.2) is 0 Å². The van der Waals surface area contributed by atoms with Gasteiger partial charge in [-0.25, -0.2) is 55.3 Å². The van der Waals surface area contributed by atoms with E-state index in [1.165, 1.54) is 55.7 Å². The maximum absolute atomic E-state index is 12.2. The summed E-state index contributed by atoms with van der Waals surface area (Å²) in [5.41, 5.74) is -1.95. The van der Waals surface area contributed by atoms with Crippen LogP contribution in [0.3, 0.4) is 0 Å². The van der Waals surface area contributed by atoms with E-state index in [2.05, 4.69) is 0 Å². The standard InChI is InChI=1S/C12H18O7S.C10H16O3S.C7H12O3S.C7H8O3S.C6H12O3S.C6H6O3S/c1-10(2)11(3)4-5-12(10,19-8(11)13)9(14)18-6-7-20(15,16)17;11-14(12,13)10-4-7-1-8(5-10)3-9(2-7)6-10;8-11(9,10)7-4-5-1-2-6(7)3-5;1-6-2-4-7(5-3-6)11(8,9)10;2*7-10(8,9)6-4-2-1-3-5-6/h4-7H2,1-3H3,(H,15,16,17);7-9H,1-6H2,(H,11,12,13);5-7H,1-4H2,(H,8,9,10);2-5H,1H3,(H,8,9,10);6H,1-5H2,(H,7,8,9);1-5H,(H,7,8,9)/p-6. The summed E-state index contributed by atoms with van der Waals surface area (Å²) < 4.78 is 200. The third-order valence-corrected chi connectivity index (χ3v) is 23.4. The summed E-state index contributed by atoms with van der Waals surface area (Å²) in [6, 6.07) is 13.0. The van der Waals surface area contributed by atoms with Crippen LogP contribution in [0.15, 0.2) is 64.4 Å². The van der Waals surface area contributed by atoms with Crippen molar-refractivity contribution in [2.75, 3.05) is 12.4 Å². The molecule has 8 bridgehead atoms. The number of esters is 2. The average Bonchev–Trinajstić information content (AvgIpc) is 4.03. The summed E-state index contributed by atoms with van der Waals surface area (Å²) >= 11 is 0. The van der Waals surface area contributed by atoms with Gasteiger partial charge < -0.3 is 36.8 Å². The zero-order chi connectivity index (χ0) is 57.1. The lowest BCUT2D eigenvalue weighted by molar-refractivity contribution is -0.182. The Bertz CT molecular complexity index is 3030. The molecular weight excluding hydrogens is 1120 g/mol. The summed E-state index contributed by atoms with van der Waals surface area (Å²) in [6.45, 7) is 6.56. The van der Waals surface area contributed by atoms with Crippen LogP contribution in [-0.2, 0) is 79.8 Å². The summed E-state index contributed by atoms with van der Waals surface area (Å²) in [4.78, 5) is 23.8. The number of fused-ring (bicyclic) bond motifs is 4. The molecule has 8 aliphatic carbocycles. The third-order valence-electron chi connectivity index (χ3n) is 16.8. The number of carbonyl (C=O) groups excluding carboxylic acids is 2. The van der Waals surface area contributed by atoms with E-state index >= 15 is 0 Å². The molecule has 11 rings (SSSR count). The van der Waals surface area contributed by atoms with E-state index < -0.39 is 117 Å². The van der Waals surface area contributed by atoms with E-state index in [4.69, 9.17) is 9.47 Å². The number of hydrogen-bond donors (Lipinski definition) is 0. The second-order valence-corrected chi connectivity index (χ2v) is 31.4. The maximum Gasteiger partial charge on any atom is 0.351 e. The Morgan fingerprint density at radius 3 is 1.43 bits per heavy atom. The van der Waals surface area contributed by atoms with Gasteiger partial charge in [-0.3, -0.25) is 4.79 Å². The molecular formula is C48H66O22S6-6. The van der Waals surface area contributed by atoms with Crippen molar-refractivity contribution in [1.82, 2.24) is 0 Å². The highest BCUT2D eigenvalue weighted by Gasteiger charge is 2.76. The van der Waals surface area contributed by atoms with Gasteiger partial charge in [0.1, 0.15) is 37.0 Å². The van der Waals surface area contributed by atoms with Gasteiger partial charge in [0.25, 0.3) is 0 Å². The quantitative estimate of drug-likeness (QED) is 0.241. The Kier molecular flexibility index (Phi) is 20.0. The Labute approximate surface area is 447 Å². The Hall–Kier alpha value is -3.16. The average molecular weight is 1190 g/mol.